The molecular formula is C15H13N3O3S. The van der Waals surface area contributed by atoms with Crippen LogP contribution in [0.4, 0.5) is 4.79 Å². The summed E-state index contributed by atoms with van der Waals surface area (Å²) in [5, 5.41) is 9.60. The van der Waals surface area contributed by atoms with E-state index in [2.05, 4.69) is 9.97 Å². The van der Waals surface area contributed by atoms with Crippen molar-refractivity contribution < 1.29 is 14.7 Å². The van der Waals surface area contributed by atoms with E-state index in [1.807, 2.05) is 36.6 Å². The maximum Gasteiger partial charge on any atom is 0.414 e. The van der Waals surface area contributed by atoms with Crippen LogP contribution in [0.5, 0.6) is 0 Å². The lowest BCUT2D eigenvalue weighted by Crippen LogP contribution is -2.42. The largest absolute Gasteiger partial charge is 0.465 e. The fourth-order valence-corrected chi connectivity index (χ4v) is 2.97. The molecule has 0 saturated heterocycles. The highest BCUT2D eigenvalue weighted by atomic mass is 32.2. The SMILES string of the molecule is CSc1nc(-c2ccccc2)nc2c1C(=O)N(C(=O)O)CC2. The van der Waals surface area contributed by atoms with Crippen molar-refractivity contribution in [2.45, 2.75) is 11.4 Å². The number of carbonyl (C=O) groups is 2. The molecule has 1 N–H and O–H groups in total. The molecule has 1 aromatic carbocycles. The number of thioether (sulfide) groups is 1. The van der Waals surface area contributed by atoms with E-state index in [4.69, 9.17) is 5.11 Å². The summed E-state index contributed by atoms with van der Waals surface area (Å²) < 4.78 is 0. The van der Waals surface area contributed by atoms with Crippen molar-refractivity contribution in [1.82, 2.24) is 14.9 Å². The molecule has 0 aliphatic carbocycles. The first kappa shape index (κ1) is 14.5. The first-order valence-electron chi connectivity index (χ1n) is 6.67. The predicted octanol–water partition coefficient (Wildman–Crippen LogP) is 2.54. The molecule has 6 nitrogen and oxygen atoms in total. The predicted molar refractivity (Wildman–Crippen MR) is 82.0 cm³/mol. The summed E-state index contributed by atoms with van der Waals surface area (Å²) in [4.78, 5) is 33.2. The summed E-state index contributed by atoms with van der Waals surface area (Å²) in [5.41, 5.74) is 1.79. The fraction of sp³-hybridized carbons (Fsp3) is 0.200. The van der Waals surface area contributed by atoms with Crippen LogP contribution in [0.3, 0.4) is 0 Å². The molecule has 0 spiro atoms. The van der Waals surface area contributed by atoms with Crippen molar-refractivity contribution in [1.29, 1.82) is 0 Å². The average Bonchev–Trinajstić information content (AvgIpc) is 2.54. The second kappa shape index (κ2) is 5.76. The Hall–Kier alpha value is -2.41. The summed E-state index contributed by atoms with van der Waals surface area (Å²) in [5.74, 6) is 0.0120. The fourth-order valence-electron chi connectivity index (χ4n) is 2.38. The maximum atomic E-state index is 12.3. The molecule has 22 heavy (non-hydrogen) atoms. The Bertz CT molecular complexity index is 732. The van der Waals surface area contributed by atoms with Crippen molar-refractivity contribution in [3.8, 4) is 11.4 Å². The van der Waals surface area contributed by atoms with E-state index in [1.165, 1.54) is 11.8 Å². The first-order chi connectivity index (χ1) is 10.6. The minimum Gasteiger partial charge on any atom is -0.465 e. The Balaban J connectivity index is 2.12. The first-order valence-corrected chi connectivity index (χ1v) is 7.89. The van der Waals surface area contributed by atoms with E-state index in [9.17, 15) is 9.59 Å². The quantitative estimate of drug-likeness (QED) is 0.677. The van der Waals surface area contributed by atoms with E-state index in [0.29, 0.717) is 28.5 Å². The monoisotopic (exact) mass is 315 g/mol. The van der Waals surface area contributed by atoms with Gasteiger partial charge in [0.15, 0.2) is 5.82 Å². The van der Waals surface area contributed by atoms with E-state index in [0.717, 1.165) is 10.5 Å². The van der Waals surface area contributed by atoms with Gasteiger partial charge in [-0.1, -0.05) is 30.3 Å². The van der Waals surface area contributed by atoms with Crippen LogP contribution >= 0.6 is 11.8 Å². The van der Waals surface area contributed by atoms with Gasteiger partial charge in [-0.3, -0.25) is 4.79 Å². The lowest BCUT2D eigenvalue weighted by molar-refractivity contribution is 0.0720. The molecule has 7 heteroatoms. The molecule has 3 rings (SSSR count). The van der Waals surface area contributed by atoms with Crippen LogP contribution in [0, 0.1) is 0 Å². The zero-order chi connectivity index (χ0) is 15.7. The van der Waals surface area contributed by atoms with Gasteiger partial charge in [0.2, 0.25) is 0 Å². The van der Waals surface area contributed by atoms with Crippen LogP contribution in [-0.4, -0.2) is 44.8 Å². The van der Waals surface area contributed by atoms with Gasteiger partial charge in [-0.05, 0) is 6.26 Å². The second-order valence-electron chi connectivity index (χ2n) is 4.73. The molecule has 0 saturated carbocycles. The zero-order valence-electron chi connectivity index (χ0n) is 11.8. The highest BCUT2D eigenvalue weighted by Crippen LogP contribution is 2.29. The van der Waals surface area contributed by atoms with Gasteiger partial charge in [-0.2, -0.15) is 0 Å². The van der Waals surface area contributed by atoms with Gasteiger partial charge >= 0.3 is 6.09 Å². The Morgan fingerprint density at radius 1 is 1.27 bits per heavy atom. The Labute approximate surface area is 131 Å². The molecule has 0 radical (unpaired) electrons. The topological polar surface area (TPSA) is 83.4 Å². The molecule has 2 heterocycles. The number of carboxylic acid groups (broad SMARTS) is 1. The van der Waals surface area contributed by atoms with Gasteiger partial charge in [-0.25, -0.2) is 19.7 Å². The minimum absolute atomic E-state index is 0.125. The molecule has 0 atom stereocenters. The maximum absolute atomic E-state index is 12.3. The molecule has 1 aliphatic rings. The molecule has 112 valence electrons. The molecule has 2 amide bonds. The van der Waals surface area contributed by atoms with Crippen molar-refractivity contribution in [3.05, 3.63) is 41.6 Å². The van der Waals surface area contributed by atoms with Crippen molar-refractivity contribution in [2.24, 2.45) is 0 Å². The van der Waals surface area contributed by atoms with Crippen LogP contribution < -0.4 is 0 Å². The van der Waals surface area contributed by atoms with Crippen LogP contribution in [0.15, 0.2) is 35.4 Å². The number of carbonyl (C=O) groups excluding carboxylic acids is 1. The molecular weight excluding hydrogens is 302 g/mol. The molecule has 1 aromatic heterocycles. The number of rotatable bonds is 2. The van der Waals surface area contributed by atoms with Crippen molar-refractivity contribution in [3.63, 3.8) is 0 Å². The summed E-state index contributed by atoms with van der Waals surface area (Å²) in [6, 6.07) is 9.51. The zero-order valence-corrected chi connectivity index (χ0v) is 12.6. The lowest BCUT2D eigenvalue weighted by atomic mass is 10.1. The Kier molecular flexibility index (Phi) is 3.81. The number of imide groups is 1. The van der Waals surface area contributed by atoms with Crippen LogP contribution in [-0.2, 0) is 6.42 Å². The summed E-state index contributed by atoms with van der Waals surface area (Å²) >= 11 is 1.32. The normalized spacial score (nSPS) is 13.9. The third-order valence-electron chi connectivity index (χ3n) is 3.44. The third-order valence-corrected chi connectivity index (χ3v) is 4.12. The average molecular weight is 315 g/mol. The number of aromatic nitrogens is 2. The number of nitrogens with zero attached hydrogens (tertiary/aromatic N) is 3. The van der Waals surface area contributed by atoms with Gasteiger partial charge in [-0.15, -0.1) is 11.8 Å². The smallest absolute Gasteiger partial charge is 0.414 e. The lowest BCUT2D eigenvalue weighted by Gasteiger charge is -2.25. The molecule has 1 aliphatic heterocycles. The number of hydrogen-bond acceptors (Lipinski definition) is 5. The van der Waals surface area contributed by atoms with Crippen molar-refractivity contribution >= 4 is 23.8 Å². The molecule has 0 unspecified atom stereocenters. The van der Waals surface area contributed by atoms with Gasteiger partial charge < -0.3 is 5.11 Å². The summed E-state index contributed by atoms with van der Waals surface area (Å²) in [6.45, 7) is 0.125. The number of fused-ring (bicyclic) bond motifs is 1. The van der Waals surface area contributed by atoms with E-state index >= 15 is 0 Å². The van der Waals surface area contributed by atoms with Gasteiger partial charge in [0, 0.05) is 18.5 Å². The van der Waals surface area contributed by atoms with Crippen LogP contribution in [0.2, 0.25) is 0 Å². The Morgan fingerprint density at radius 2 is 2.00 bits per heavy atom. The van der Waals surface area contributed by atoms with Crippen molar-refractivity contribution in [2.75, 3.05) is 12.8 Å². The number of benzene rings is 1. The minimum atomic E-state index is -1.24. The number of hydrogen-bond donors (Lipinski definition) is 1. The summed E-state index contributed by atoms with van der Waals surface area (Å²) in [6.07, 6.45) is 0.975. The van der Waals surface area contributed by atoms with Gasteiger partial charge in [0.1, 0.15) is 5.03 Å². The van der Waals surface area contributed by atoms with E-state index in [1.54, 1.807) is 0 Å². The van der Waals surface area contributed by atoms with Crippen LogP contribution in [0.1, 0.15) is 16.1 Å². The third kappa shape index (κ3) is 2.43. The van der Waals surface area contributed by atoms with Gasteiger partial charge in [0.25, 0.3) is 5.91 Å². The van der Waals surface area contributed by atoms with E-state index in [-0.39, 0.29) is 6.54 Å². The van der Waals surface area contributed by atoms with Crippen LogP contribution in [0.25, 0.3) is 11.4 Å². The van der Waals surface area contributed by atoms with E-state index < -0.39 is 12.0 Å². The molecule has 2 aromatic rings. The highest BCUT2D eigenvalue weighted by Gasteiger charge is 2.33. The number of amides is 2. The molecule has 0 fully saturated rings. The second-order valence-corrected chi connectivity index (χ2v) is 5.53. The molecule has 0 bridgehead atoms. The Morgan fingerprint density at radius 3 is 2.64 bits per heavy atom. The van der Waals surface area contributed by atoms with Gasteiger partial charge in [0.05, 0.1) is 11.3 Å². The summed E-state index contributed by atoms with van der Waals surface area (Å²) in [7, 11) is 0. The standard InChI is InChI=1S/C15H13N3O3S/c1-22-13-11-10(7-8-18(14(11)19)15(20)21)16-12(17-13)9-5-3-2-4-6-9/h2-6H,7-8H2,1H3,(H,20,21). The highest BCUT2D eigenvalue weighted by molar-refractivity contribution is 7.98.